The number of fused-ring (bicyclic) bond motifs is 2. The minimum atomic E-state index is -3.53. The third kappa shape index (κ3) is 16.8. The molecule has 356 valence electrons. The molecular formula is C53H72O10S2. The largest absolute Gasteiger partial charge is 0.460 e. The van der Waals surface area contributed by atoms with E-state index in [1.165, 1.54) is 144 Å². The summed E-state index contributed by atoms with van der Waals surface area (Å²) in [5.41, 5.74) is 0.550. The van der Waals surface area contributed by atoms with Gasteiger partial charge in [0.15, 0.2) is 19.7 Å². The van der Waals surface area contributed by atoms with Gasteiger partial charge in [0.1, 0.15) is 18.1 Å². The number of ether oxygens (including phenoxy) is 3. The molecule has 0 saturated heterocycles. The van der Waals surface area contributed by atoms with Gasteiger partial charge in [0.05, 0.1) is 38.3 Å². The van der Waals surface area contributed by atoms with Crippen LogP contribution in [-0.2, 0) is 35.8 Å². The fraction of sp³-hybridized carbons (Fsp3) is 0.566. The first-order valence-electron chi connectivity index (χ1n) is 24.5. The van der Waals surface area contributed by atoms with Crippen LogP contribution in [0.2, 0.25) is 0 Å². The molecule has 10 nitrogen and oxygen atoms in total. The fourth-order valence-corrected chi connectivity index (χ4v) is 11.6. The van der Waals surface area contributed by atoms with Crippen molar-refractivity contribution in [3.05, 3.63) is 95.6 Å². The SMILES string of the molecule is CCCCCCCCCCCCS(=O)(=O)c1ccc(C(=O)Oc2ccc(OC(=O)c3ccc(S(=O)(=O)CCCCCCCCCCCC)cc3)c(COC(=O)C3CC4C=CC3C4)c2)cc1. The summed E-state index contributed by atoms with van der Waals surface area (Å²) in [4.78, 5) is 40.2. The molecule has 0 heterocycles. The molecule has 2 aliphatic rings. The van der Waals surface area contributed by atoms with Gasteiger partial charge in [0.2, 0.25) is 0 Å². The number of carbonyl (C=O) groups excluding carboxylic acids is 3. The normalized spacial score (nSPS) is 16.7. The number of sulfone groups is 2. The van der Waals surface area contributed by atoms with Crippen molar-refractivity contribution < 1.29 is 45.4 Å². The van der Waals surface area contributed by atoms with E-state index in [-0.39, 0.29) is 73.9 Å². The first kappa shape index (κ1) is 51.7. The highest BCUT2D eigenvalue weighted by Crippen LogP contribution is 2.44. The Morgan fingerprint density at radius 2 is 0.969 bits per heavy atom. The molecule has 2 bridgehead atoms. The van der Waals surface area contributed by atoms with Gasteiger partial charge in [0, 0.05) is 5.56 Å². The standard InChI is InChI=1S/C53H72O10S2/c1-3-5-7-9-11-13-15-17-19-21-35-64(57,58)47-30-25-42(26-31-47)51(54)62-46-29-34-50(45(39-46)40-61-53(56)49-38-41-23-24-44(49)37-41)63-52(55)43-27-32-48(33-28-43)65(59,60)36-22-20-18-16-14-12-10-8-6-4-2/h23-34,39,41,44,49H,3-22,35-38,40H2,1-2H3. The third-order valence-corrected chi connectivity index (χ3v) is 16.5. The number of esters is 3. The molecule has 0 aliphatic heterocycles. The van der Waals surface area contributed by atoms with Gasteiger partial charge in [-0.1, -0.05) is 142 Å². The molecule has 0 N–H and O–H groups in total. The third-order valence-electron chi connectivity index (χ3n) is 12.8. The van der Waals surface area contributed by atoms with Gasteiger partial charge in [-0.05, 0) is 104 Å². The van der Waals surface area contributed by atoms with Gasteiger partial charge in [-0.2, -0.15) is 0 Å². The van der Waals surface area contributed by atoms with Gasteiger partial charge in [-0.25, -0.2) is 26.4 Å². The van der Waals surface area contributed by atoms with Gasteiger partial charge < -0.3 is 14.2 Å². The van der Waals surface area contributed by atoms with Crippen LogP contribution in [-0.4, -0.2) is 46.2 Å². The van der Waals surface area contributed by atoms with Crippen molar-refractivity contribution in [1.82, 2.24) is 0 Å². The Hall–Kier alpha value is -4.29. The smallest absolute Gasteiger partial charge is 0.343 e. The lowest BCUT2D eigenvalue weighted by Crippen LogP contribution is -2.21. The fourth-order valence-electron chi connectivity index (χ4n) is 8.86. The van der Waals surface area contributed by atoms with Crippen LogP contribution in [0.1, 0.15) is 181 Å². The zero-order chi connectivity index (χ0) is 46.5. The maximum Gasteiger partial charge on any atom is 0.343 e. The molecular weight excluding hydrogens is 861 g/mol. The first-order chi connectivity index (χ1) is 31.4. The second kappa shape index (κ2) is 26.8. The minimum Gasteiger partial charge on any atom is -0.460 e. The summed E-state index contributed by atoms with van der Waals surface area (Å²) in [5.74, 6) is -1.37. The van der Waals surface area contributed by atoms with Crippen LogP contribution in [0.5, 0.6) is 11.5 Å². The van der Waals surface area contributed by atoms with Crippen molar-refractivity contribution in [3.63, 3.8) is 0 Å². The van der Waals surface area contributed by atoms with E-state index in [9.17, 15) is 31.2 Å². The van der Waals surface area contributed by atoms with E-state index in [0.717, 1.165) is 44.9 Å². The lowest BCUT2D eigenvalue weighted by Gasteiger charge is -2.18. The van der Waals surface area contributed by atoms with E-state index in [0.29, 0.717) is 25.2 Å². The van der Waals surface area contributed by atoms with E-state index in [1.54, 1.807) is 0 Å². The Morgan fingerprint density at radius 1 is 0.523 bits per heavy atom. The molecule has 3 atom stereocenters. The number of allylic oxidation sites excluding steroid dienone is 2. The van der Waals surface area contributed by atoms with Crippen LogP contribution in [0, 0.1) is 17.8 Å². The molecule has 65 heavy (non-hydrogen) atoms. The van der Waals surface area contributed by atoms with E-state index in [1.807, 2.05) is 0 Å². The Labute approximate surface area is 389 Å². The van der Waals surface area contributed by atoms with Gasteiger partial charge in [-0.3, -0.25) is 4.79 Å². The van der Waals surface area contributed by atoms with E-state index in [4.69, 9.17) is 14.2 Å². The summed E-state index contributed by atoms with van der Waals surface area (Å²) in [7, 11) is -7.05. The summed E-state index contributed by atoms with van der Waals surface area (Å²) in [6, 6.07) is 15.7. The molecule has 0 radical (unpaired) electrons. The van der Waals surface area contributed by atoms with Crippen molar-refractivity contribution >= 4 is 37.6 Å². The summed E-state index contributed by atoms with van der Waals surface area (Å²) in [5, 5.41) is 0. The number of hydrogen-bond acceptors (Lipinski definition) is 10. The van der Waals surface area contributed by atoms with Gasteiger partial charge in [-0.15, -0.1) is 0 Å². The van der Waals surface area contributed by atoms with Crippen molar-refractivity contribution in [3.8, 4) is 11.5 Å². The molecule has 3 unspecified atom stereocenters. The monoisotopic (exact) mass is 932 g/mol. The molecule has 0 spiro atoms. The zero-order valence-electron chi connectivity index (χ0n) is 38.8. The topological polar surface area (TPSA) is 147 Å². The highest BCUT2D eigenvalue weighted by atomic mass is 32.2. The molecule has 5 rings (SSSR count). The lowest BCUT2D eigenvalue weighted by atomic mass is 9.94. The van der Waals surface area contributed by atoms with E-state index in [2.05, 4.69) is 26.0 Å². The Morgan fingerprint density at radius 3 is 1.40 bits per heavy atom. The van der Waals surface area contributed by atoms with Crippen molar-refractivity contribution in [1.29, 1.82) is 0 Å². The van der Waals surface area contributed by atoms with E-state index >= 15 is 0 Å². The van der Waals surface area contributed by atoms with E-state index < -0.39 is 31.6 Å². The maximum absolute atomic E-state index is 13.4. The number of unbranched alkanes of at least 4 members (excludes halogenated alkanes) is 18. The second-order valence-electron chi connectivity index (χ2n) is 18.1. The summed E-state index contributed by atoms with van der Waals surface area (Å²) >= 11 is 0. The predicted octanol–water partition coefficient (Wildman–Crippen LogP) is 12.8. The maximum atomic E-state index is 13.4. The summed E-state index contributed by atoms with van der Waals surface area (Å²) in [6.07, 6.45) is 27.9. The van der Waals surface area contributed by atoms with Gasteiger partial charge >= 0.3 is 17.9 Å². The average molecular weight is 933 g/mol. The van der Waals surface area contributed by atoms with Crippen molar-refractivity contribution in [2.75, 3.05) is 11.5 Å². The van der Waals surface area contributed by atoms with Gasteiger partial charge in [0.25, 0.3) is 0 Å². The summed E-state index contributed by atoms with van der Waals surface area (Å²) in [6.45, 7) is 4.16. The molecule has 12 heteroatoms. The van der Waals surface area contributed by atoms with Crippen molar-refractivity contribution in [2.45, 2.75) is 172 Å². The zero-order valence-corrected chi connectivity index (χ0v) is 40.4. The molecule has 0 amide bonds. The van der Waals surface area contributed by atoms with Crippen molar-refractivity contribution in [2.24, 2.45) is 17.8 Å². The first-order valence-corrected chi connectivity index (χ1v) is 27.8. The minimum absolute atomic E-state index is 0.0392. The van der Waals surface area contributed by atoms with Crippen LogP contribution < -0.4 is 9.47 Å². The molecule has 2 aliphatic carbocycles. The number of benzene rings is 3. The highest BCUT2D eigenvalue weighted by Gasteiger charge is 2.40. The van der Waals surface area contributed by atoms with Crippen LogP contribution in [0.4, 0.5) is 0 Å². The number of hydrogen-bond donors (Lipinski definition) is 0. The molecule has 0 aromatic heterocycles. The Balaban J connectivity index is 1.16. The number of rotatable bonds is 31. The lowest BCUT2D eigenvalue weighted by molar-refractivity contribution is -0.150. The highest BCUT2D eigenvalue weighted by molar-refractivity contribution is 7.91. The Kier molecular flexibility index (Phi) is 21.3. The average Bonchev–Trinajstić information content (AvgIpc) is 3.95. The summed E-state index contributed by atoms with van der Waals surface area (Å²) < 4.78 is 69.4. The Bertz CT molecular complexity index is 2210. The van der Waals surface area contributed by atoms with Crippen LogP contribution in [0.15, 0.2) is 88.7 Å². The molecule has 1 saturated carbocycles. The molecule has 1 fully saturated rings. The molecule has 3 aromatic carbocycles. The van der Waals surface area contributed by atoms with Crippen LogP contribution in [0.25, 0.3) is 0 Å². The molecule has 3 aromatic rings. The number of carbonyl (C=O) groups is 3. The van der Waals surface area contributed by atoms with Crippen LogP contribution in [0.3, 0.4) is 0 Å². The van der Waals surface area contributed by atoms with Crippen LogP contribution >= 0.6 is 0 Å². The quantitative estimate of drug-likeness (QED) is 0.0264. The second-order valence-corrected chi connectivity index (χ2v) is 22.3. The predicted molar refractivity (Wildman–Crippen MR) is 256 cm³/mol.